The van der Waals surface area contributed by atoms with Gasteiger partial charge in [0.05, 0.1) is 37.7 Å². The van der Waals surface area contributed by atoms with E-state index >= 15 is 4.79 Å². The number of rotatable bonds is 7. The quantitative estimate of drug-likeness (QED) is 0.386. The van der Waals surface area contributed by atoms with E-state index in [4.69, 9.17) is 9.47 Å². The van der Waals surface area contributed by atoms with Crippen molar-refractivity contribution >= 4 is 21.6 Å². The Labute approximate surface area is 263 Å². The van der Waals surface area contributed by atoms with Gasteiger partial charge in [0.1, 0.15) is 11.5 Å². The largest absolute Gasteiger partial charge is 0.496 e. The van der Waals surface area contributed by atoms with Crippen LogP contribution in [0.3, 0.4) is 0 Å². The van der Waals surface area contributed by atoms with Crippen LogP contribution in [0.2, 0.25) is 0 Å². The van der Waals surface area contributed by atoms with Gasteiger partial charge in [-0.25, -0.2) is 4.98 Å². The van der Waals surface area contributed by atoms with E-state index < -0.39 is 21.5 Å². The van der Waals surface area contributed by atoms with E-state index in [9.17, 15) is 13.7 Å². The van der Waals surface area contributed by atoms with Gasteiger partial charge in [-0.3, -0.25) is 14.6 Å². The lowest BCUT2D eigenvalue weighted by molar-refractivity contribution is -0.169. The van der Waals surface area contributed by atoms with Crippen molar-refractivity contribution in [3.8, 4) is 17.6 Å². The van der Waals surface area contributed by atoms with Crippen LogP contribution in [0.1, 0.15) is 29.5 Å². The molecule has 5 heterocycles. The molecule has 45 heavy (non-hydrogen) atoms. The monoisotopic (exact) mass is 628 g/mol. The van der Waals surface area contributed by atoms with Gasteiger partial charge in [0.2, 0.25) is 0 Å². The van der Waals surface area contributed by atoms with Gasteiger partial charge in [0, 0.05) is 48.8 Å². The molecule has 4 aliphatic heterocycles. The van der Waals surface area contributed by atoms with E-state index in [-0.39, 0.29) is 16.1 Å². The van der Waals surface area contributed by atoms with Gasteiger partial charge in [-0.15, -0.1) is 0 Å². The summed E-state index contributed by atoms with van der Waals surface area (Å²) in [4.78, 5) is 26.2. The van der Waals surface area contributed by atoms with Crippen molar-refractivity contribution < 1.29 is 22.7 Å². The van der Waals surface area contributed by atoms with Crippen LogP contribution in [0.4, 0.5) is 5.69 Å². The summed E-state index contributed by atoms with van der Waals surface area (Å²) in [5.74, 6) is 0.212. The Balaban J connectivity index is 1.32. The molecule has 1 unspecified atom stereocenters. The van der Waals surface area contributed by atoms with Crippen molar-refractivity contribution in [3.05, 3.63) is 77.5 Å². The number of hydrogen-bond donors (Lipinski definition) is 0. The second-order valence-corrected chi connectivity index (χ2v) is 14.4. The first-order valence-corrected chi connectivity index (χ1v) is 16.6. The highest BCUT2D eigenvalue weighted by Crippen LogP contribution is 2.57. The molecule has 7 rings (SSSR count). The third-order valence-corrected chi connectivity index (χ3v) is 11.6. The first-order valence-electron chi connectivity index (χ1n) is 15.1. The summed E-state index contributed by atoms with van der Waals surface area (Å²) >= 11 is 0. The molecule has 1 amide bonds. The Bertz CT molecular complexity index is 1790. The third-order valence-electron chi connectivity index (χ3n) is 9.98. The van der Waals surface area contributed by atoms with Crippen LogP contribution in [-0.2, 0) is 20.4 Å². The van der Waals surface area contributed by atoms with Gasteiger partial charge in [-0.05, 0) is 69.4 Å². The number of ether oxygens (including phenoxy) is 2. The minimum absolute atomic E-state index is 0.00941. The molecule has 0 bridgehead atoms. The maximum Gasteiger partial charge on any atom is 0.288 e. The molecule has 1 atom stereocenters. The highest BCUT2D eigenvalue weighted by molar-refractivity contribution is 7.93. The summed E-state index contributed by atoms with van der Waals surface area (Å²) in [7, 11) is 0.714. The van der Waals surface area contributed by atoms with Crippen LogP contribution in [0.25, 0.3) is 0 Å². The van der Waals surface area contributed by atoms with E-state index in [1.165, 1.54) is 38.6 Å². The predicted molar refractivity (Wildman–Crippen MR) is 166 cm³/mol. The second kappa shape index (κ2) is 10.8. The number of benzene rings is 2. The van der Waals surface area contributed by atoms with Crippen LogP contribution >= 0.6 is 0 Å². The molecule has 0 N–H and O–H groups in total. The van der Waals surface area contributed by atoms with Crippen molar-refractivity contribution in [1.82, 2.24) is 19.7 Å². The Morgan fingerprint density at radius 3 is 2.33 bits per heavy atom. The number of para-hydroxylation sites is 1. The lowest BCUT2D eigenvalue weighted by Crippen LogP contribution is -2.77. The van der Waals surface area contributed by atoms with Gasteiger partial charge in [0.15, 0.2) is 10.6 Å². The van der Waals surface area contributed by atoms with Crippen molar-refractivity contribution in [2.75, 3.05) is 64.8 Å². The molecular weight excluding hydrogens is 592 g/mol. The number of piperidine rings is 1. The molecule has 2 aromatic carbocycles. The fourth-order valence-corrected chi connectivity index (χ4v) is 9.11. The zero-order valence-electron chi connectivity index (χ0n) is 25.6. The second-order valence-electron chi connectivity index (χ2n) is 12.7. The molecule has 234 valence electrons. The van der Waals surface area contributed by atoms with Gasteiger partial charge in [-0.1, -0.05) is 18.2 Å². The molecule has 3 saturated heterocycles. The normalized spacial score (nSPS) is 23.7. The number of methoxy groups -OCH3 is 2. The summed E-state index contributed by atoms with van der Waals surface area (Å²) in [6.45, 7) is 5.28. The lowest BCUT2D eigenvalue weighted by Gasteiger charge is -2.65. The molecule has 0 radical (unpaired) electrons. The number of pyridine rings is 1. The highest BCUT2D eigenvalue weighted by atomic mass is 32.2. The van der Waals surface area contributed by atoms with Crippen molar-refractivity contribution in [1.29, 1.82) is 5.26 Å². The summed E-state index contributed by atoms with van der Waals surface area (Å²) < 4.78 is 40.4. The Morgan fingerprint density at radius 2 is 1.69 bits per heavy atom. The Kier molecular flexibility index (Phi) is 7.13. The molecule has 12 heteroatoms. The van der Waals surface area contributed by atoms with Gasteiger partial charge in [0.25, 0.3) is 15.9 Å². The Morgan fingerprint density at radius 1 is 0.956 bits per heavy atom. The number of nitriles is 1. The fraction of sp³-hybridized carbons (Fsp3) is 0.424. The lowest BCUT2D eigenvalue weighted by atomic mass is 9.67. The number of likely N-dealkylation sites (tertiary alicyclic amines) is 3. The number of fused-ring (bicyclic) bond motifs is 1. The standard InChI is InChI=1S/C33H36N6O5S/c1-36-14-12-24(13-15-36)37-19-32(20-37)21-38(22-32)33(26-6-4-5-7-29(26)44-3)27-16-23(17-34)8-10-28(27)39(31(33)40)45(41,42)30-11-9-25(43-2)18-35-30/h4-11,16,18,24H,12-15,19-22H2,1-3H3. The van der Waals surface area contributed by atoms with Crippen molar-refractivity contribution in [2.45, 2.75) is 29.4 Å². The molecule has 3 fully saturated rings. The summed E-state index contributed by atoms with van der Waals surface area (Å²) in [5, 5.41) is 9.62. The molecule has 4 aliphatic rings. The minimum atomic E-state index is -4.46. The first kappa shape index (κ1) is 29.7. The number of nitrogens with zero attached hydrogens (tertiary/aromatic N) is 6. The zero-order chi connectivity index (χ0) is 31.6. The molecular formula is C33H36N6O5S. The number of carbonyl (C=O) groups is 1. The smallest absolute Gasteiger partial charge is 0.288 e. The van der Waals surface area contributed by atoms with Gasteiger partial charge in [-0.2, -0.15) is 18.0 Å². The van der Waals surface area contributed by atoms with E-state index in [1.54, 1.807) is 18.2 Å². The first-order chi connectivity index (χ1) is 21.7. The molecule has 1 spiro atoms. The zero-order valence-corrected chi connectivity index (χ0v) is 26.5. The molecule has 0 aliphatic carbocycles. The van der Waals surface area contributed by atoms with Gasteiger partial charge >= 0.3 is 0 Å². The van der Waals surface area contributed by atoms with Crippen molar-refractivity contribution in [3.63, 3.8) is 0 Å². The molecule has 11 nitrogen and oxygen atoms in total. The van der Waals surface area contributed by atoms with Crippen LogP contribution in [-0.4, -0.2) is 101 Å². The maximum atomic E-state index is 15.1. The number of sulfonamides is 1. The van der Waals surface area contributed by atoms with Crippen LogP contribution in [0.15, 0.2) is 65.8 Å². The highest BCUT2D eigenvalue weighted by Gasteiger charge is 2.66. The van der Waals surface area contributed by atoms with Crippen LogP contribution < -0.4 is 13.8 Å². The van der Waals surface area contributed by atoms with Gasteiger partial charge < -0.3 is 14.4 Å². The molecule has 1 aromatic heterocycles. The van der Waals surface area contributed by atoms with Crippen LogP contribution in [0, 0.1) is 16.7 Å². The van der Waals surface area contributed by atoms with E-state index in [1.807, 2.05) is 18.2 Å². The summed E-state index contributed by atoms with van der Waals surface area (Å²) in [6.07, 6.45) is 3.61. The minimum Gasteiger partial charge on any atom is -0.496 e. The number of hydrogen-bond acceptors (Lipinski definition) is 10. The number of anilines is 1. The third kappa shape index (κ3) is 4.44. The number of amides is 1. The number of carbonyl (C=O) groups excluding carboxylic acids is 1. The van der Waals surface area contributed by atoms with E-state index in [0.29, 0.717) is 47.3 Å². The van der Waals surface area contributed by atoms with E-state index in [2.05, 4.69) is 32.8 Å². The molecule has 3 aromatic rings. The average molecular weight is 629 g/mol. The van der Waals surface area contributed by atoms with Crippen molar-refractivity contribution in [2.24, 2.45) is 5.41 Å². The SMILES string of the molecule is COc1ccc(S(=O)(=O)N2C(=O)C(c3ccccc3OC)(N3CC4(CN(C5CCN(C)CC5)C4)C3)c3cc(C#N)ccc32)nc1. The summed E-state index contributed by atoms with van der Waals surface area (Å²) in [5.41, 5.74) is -0.0201. The number of aromatic nitrogens is 1. The fourth-order valence-electron chi connectivity index (χ4n) is 7.73. The topological polar surface area (TPSA) is 119 Å². The Hall–Kier alpha value is -4.02. The maximum absolute atomic E-state index is 15.1. The summed E-state index contributed by atoms with van der Waals surface area (Å²) in [6, 6.07) is 17.5. The molecule has 0 saturated carbocycles. The average Bonchev–Trinajstić information content (AvgIpc) is 3.28. The predicted octanol–water partition coefficient (Wildman–Crippen LogP) is 2.66. The van der Waals surface area contributed by atoms with E-state index in [0.717, 1.165) is 43.3 Å². The van der Waals surface area contributed by atoms with Crippen LogP contribution in [0.5, 0.6) is 11.5 Å².